The van der Waals surface area contributed by atoms with Crippen LogP contribution in [0.15, 0.2) is 18.2 Å². The summed E-state index contributed by atoms with van der Waals surface area (Å²) in [6.45, 7) is 4.57. The molecule has 1 aromatic carbocycles. The zero-order valence-electron chi connectivity index (χ0n) is 16.8. The molecule has 3 N–H and O–H groups in total. The van der Waals surface area contributed by atoms with E-state index in [1.807, 2.05) is 19.9 Å². The molecule has 0 saturated carbocycles. The quantitative estimate of drug-likeness (QED) is 0.625. The number of nitrogens with one attached hydrogen (secondary N) is 1. The number of rotatable bonds is 10. The van der Waals surface area contributed by atoms with Gasteiger partial charge in [-0.2, -0.15) is 0 Å². The molecule has 0 spiro atoms. The molecule has 0 aliphatic carbocycles. The number of hydrogen-bond donors (Lipinski definition) is 2. The number of amides is 2. The molecule has 0 aliphatic heterocycles. The van der Waals surface area contributed by atoms with Crippen LogP contribution in [0.2, 0.25) is 0 Å². The van der Waals surface area contributed by atoms with Gasteiger partial charge in [-0.1, -0.05) is 19.9 Å². The van der Waals surface area contributed by atoms with Crippen molar-refractivity contribution in [2.75, 3.05) is 34.4 Å². The van der Waals surface area contributed by atoms with Crippen molar-refractivity contribution < 1.29 is 19.1 Å². The van der Waals surface area contributed by atoms with Crippen LogP contribution in [0, 0.1) is 5.41 Å². The number of nitrogens with two attached hydrogens (primary N) is 1. The predicted molar refractivity (Wildman–Crippen MR) is 108 cm³/mol. The van der Waals surface area contributed by atoms with Crippen molar-refractivity contribution in [1.82, 2.24) is 10.2 Å². The van der Waals surface area contributed by atoms with Crippen molar-refractivity contribution in [2.24, 2.45) is 11.1 Å². The van der Waals surface area contributed by atoms with E-state index < -0.39 is 5.41 Å². The first-order valence-corrected chi connectivity index (χ1v) is 8.81. The molecule has 0 unspecified atom stereocenters. The van der Waals surface area contributed by atoms with Crippen LogP contribution in [0.4, 0.5) is 0 Å². The molecule has 154 valence electrons. The lowest BCUT2D eigenvalue weighted by atomic mass is 9.81. The van der Waals surface area contributed by atoms with Gasteiger partial charge in [0.2, 0.25) is 5.91 Å². The summed E-state index contributed by atoms with van der Waals surface area (Å²) in [6.07, 6.45) is 1.39. The lowest BCUT2D eigenvalue weighted by molar-refractivity contribution is -0.131. The van der Waals surface area contributed by atoms with Crippen LogP contribution in [0.5, 0.6) is 11.5 Å². The van der Waals surface area contributed by atoms with Crippen molar-refractivity contribution in [3.8, 4) is 11.5 Å². The van der Waals surface area contributed by atoms with E-state index in [9.17, 15) is 9.59 Å². The lowest BCUT2D eigenvalue weighted by Crippen LogP contribution is -2.45. The van der Waals surface area contributed by atoms with Crippen LogP contribution in [0.1, 0.15) is 32.3 Å². The van der Waals surface area contributed by atoms with Crippen molar-refractivity contribution >= 4 is 24.2 Å². The average molecular weight is 402 g/mol. The second-order valence-electron chi connectivity index (χ2n) is 6.44. The van der Waals surface area contributed by atoms with Gasteiger partial charge in [0, 0.05) is 27.2 Å². The van der Waals surface area contributed by atoms with E-state index in [1.54, 1.807) is 26.2 Å². The number of methoxy groups -OCH3 is 1. The van der Waals surface area contributed by atoms with E-state index in [1.165, 1.54) is 12.0 Å². The highest BCUT2D eigenvalue weighted by Gasteiger charge is 2.32. The molecule has 1 aromatic rings. The van der Waals surface area contributed by atoms with Crippen LogP contribution in [0.3, 0.4) is 0 Å². The molecule has 8 heteroatoms. The normalized spacial score (nSPS) is 10.6. The summed E-state index contributed by atoms with van der Waals surface area (Å²) in [5.41, 5.74) is 6.16. The predicted octanol–water partition coefficient (Wildman–Crippen LogP) is 1.97. The maximum absolute atomic E-state index is 12.5. The molecule has 1 rings (SSSR count). The maximum atomic E-state index is 12.5. The number of nitrogens with zero attached hydrogens (tertiary/aromatic N) is 1. The second-order valence-corrected chi connectivity index (χ2v) is 6.44. The standard InChI is InChI=1S/C19H31N3O4.ClH/c1-6-19(7-2,13-20)18(24)21-11-14-8-9-15(16(10-14)25-5)26-12-17(23)22(3)4;/h8-10H,6-7,11-13,20H2,1-5H3,(H,21,24);1H. The van der Waals surface area contributed by atoms with E-state index in [4.69, 9.17) is 15.2 Å². The molecule has 2 amide bonds. The molecular formula is C19H32ClN3O4. The fraction of sp³-hybridized carbons (Fsp3) is 0.579. The van der Waals surface area contributed by atoms with Gasteiger partial charge in [-0.05, 0) is 30.5 Å². The zero-order chi connectivity index (χ0) is 19.7. The Hall–Kier alpha value is -1.99. The molecule has 0 bridgehead atoms. The van der Waals surface area contributed by atoms with Gasteiger partial charge < -0.3 is 25.4 Å². The van der Waals surface area contributed by atoms with Gasteiger partial charge >= 0.3 is 0 Å². The third kappa shape index (κ3) is 6.59. The van der Waals surface area contributed by atoms with Gasteiger partial charge in [-0.15, -0.1) is 12.4 Å². The highest BCUT2D eigenvalue weighted by Crippen LogP contribution is 2.29. The van der Waals surface area contributed by atoms with E-state index in [-0.39, 0.29) is 30.8 Å². The highest BCUT2D eigenvalue weighted by molar-refractivity contribution is 5.85. The van der Waals surface area contributed by atoms with E-state index in [0.29, 0.717) is 37.4 Å². The van der Waals surface area contributed by atoms with E-state index >= 15 is 0 Å². The van der Waals surface area contributed by atoms with Crippen molar-refractivity contribution in [3.63, 3.8) is 0 Å². The van der Waals surface area contributed by atoms with Gasteiger partial charge in [0.1, 0.15) is 0 Å². The first-order chi connectivity index (χ1) is 12.3. The van der Waals surface area contributed by atoms with Crippen LogP contribution >= 0.6 is 12.4 Å². The summed E-state index contributed by atoms with van der Waals surface area (Å²) in [5, 5.41) is 2.95. The average Bonchev–Trinajstić information content (AvgIpc) is 2.66. The molecule has 0 fully saturated rings. The number of benzene rings is 1. The van der Waals surface area contributed by atoms with E-state index in [0.717, 1.165) is 5.56 Å². The van der Waals surface area contributed by atoms with Gasteiger partial charge in [0.25, 0.3) is 5.91 Å². The maximum Gasteiger partial charge on any atom is 0.259 e. The summed E-state index contributed by atoms with van der Waals surface area (Å²) < 4.78 is 10.9. The molecule has 0 heterocycles. The molecule has 0 aliphatic rings. The minimum Gasteiger partial charge on any atom is -0.493 e. The third-order valence-electron chi connectivity index (χ3n) is 4.76. The van der Waals surface area contributed by atoms with Crippen molar-refractivity contribution in [2.45, 2.75) is 33.2 Å². The molecule has 0 radical (unpaired) electrons. The Kier molecular flexibility index (Phi) is 10.8. The summed E-state index contributed by atoms with van der Waals surface area (Å²) >= 11 is 0. The largest absolute Gasteiger partial charge is 0.493 e. The number of carbonyl (C=O) groups is 2. The minimum absolute atomic E-state index is 0. The van der Waals surface area contributed by atoms with Crippen LogP contribution in [0.25, 0.3) is 0 Å². The van der Waals surface area contributed by atoms with Crippen molar-refractivity contribution in [3.05, 3.63) is 23.8 Å². The smallest absolute Gasteiger partial charge is 0.259 e. The monoisotopic (exact) mass is 401 g/mol. The Balaban J connectivity index is 0.00000676. The first-order valence-electron chi connectivity index (χ1n) is 8.81. The number of likely N-dealkylation sites (N-methyl/N-ethyl adjacent to an activating group) is 1. The SMILES string of the molecule is CCC(CC)(CN)C(=O)NCc1ccc(OCC(=O)N(C)C)c(OC)c1.Cl. The van der Waals surface area contributed by atoms with Gasteiger partial charge in [0.15, 0.2) is 18.1 Å². The lowest BCUT2D eigenvalue weighted by Gasteiger charge is -2.28. The van der Waals surface area contributed by atoms with Gasteiger partial charge in [0.05, 0.1) is 12.5 Å². The topological polar surface area (TPSA) is 93.9 Å². The number of hydrogen-bond acceptors (Lipinski definition) is 5. The summed E-state index contributed by atoms with van der Waals surface area (Å²) in [5.74, 6) is 0.817. The van der Waals surface area contributed by atoms with Crippen LogP contribution in [-0.2, 0) is 16.1 Å². The highest BCUT2D eigenvalue weighted by atomic mass is 35.5. The molecule has 0 aromatic heterocycles. The van der Waals surface area contributed by atoms with E-state index in [2.05, 4.69) is 5.32 Å². The number of carbonyl (C=O) groups excluding carboxylic acids is 2. The van der Waals surface area contributed by atoms with Gasteiger partial charge in [-0.3, -0.25) is 9.59 Å². The Labute approximate surface area is 168 Å². The van der Waals surface area contributed by atoms with Gasteiger partial charge in [-0.25, -0.2) is 0 Å². The third-order valence-corrected chi connectivity index (χ3v) is 4.76. The Morgan fingerprint density at radius 2 is 1.81 bits per heavy atom. The fourth-order valence-electron chi connectivity index (χ4n) is 2.53. The molecule has 27 heavy (non-hydrogen) atoms. The number of ether oxygens (including phenoxy) is 2. The molecule has 0 atom stereocenters. The summed E-state index contributed by atoms with van der Waals surface area (Å²) in [4.78, 5) is 25.6. The first kappa shape index (κ1) is 25.0. The minimum atomic E-state index is -0.528. The Morgan fingerprint density at radius 1 is 1.19 bits per heavy atom. The molecule has 0 saturated heterocycles. The fourth-order valence-corrected chi connectivity index (χ4v) is 2.53. The summed E-state index contributed by atoms with van der Waals surface area (Å²) in [6, 6.07) is 5.36. The summed E-state index contributed by atoms with van der Waals surface area (Å²) in [7, 11) is 4.87. The molecular weight excluding hydrogens is 370 g/mol. The Morgan fingerprint density at radius 3 is 2.30 bits per heavy atom. The Bertz CT molecular complexity index is 611. The van der Waals surface area contributed by atoms with Crippen LogP contribution in [-0.4, -0.2) is 51.1 Å². The zero-order valence-corrected chi connectivity index (χ0v) is 17.6. The number of halogens is 1. The van der Waals surface area contributed by atoms with Crippen molar-refractivity contribution in [1.29, 1.82) is 0 Å². The second kappa shape index (κ2) is 11.7. The van der Waals surface area contributed by atoms with Crippen LogP contribution < -0.4 is 20.5 Å². The molecule has 7 nitrogen and oxygen atoms in total.